The Morgan fingerprint density at radius 2 is 0.583 bits per heavy atom. The average Bonchev–Trinajstić information content (AvgIpc) is 2.66. The minimum atomic E-state index is -1.11. The summed E-state index contributed by atoms with van der Waals surface area (Å²) >= 11 is 0. The topological polar surface area (TPSA) is 162 Å². The van der Waals surface area contributed by atoms with Crippen molar-refractivity contribution in [3.05, 3.63) is 0 Å². The van der Waals surface area contributed by atoms with Gasteiger partial charge in [-0.05, 0) is 0 Å². The Labute approximate surface area is 145 Å². The molecule has 24 heavy (non-hydrogen) atoms. The zero-order valence-electron chi connectivity index (χ0n) is 15.1. The number of aliphatic hydroxyl groups excluding tert-OH is 8. The molecule has 0 radical (unpaired) electrons. The predicted molar refractivity (Wildman–Crippen MR) is 91.4 cm³/mol. The van der Waals surface area contributed by atoms with Crippen molar-refractivity contribution in [2.24, 2.45) is 10.8 Å². The first-order chi connectivity index (χ1) is 11.4. The van der Waals surface area contributed by atoms with E-state index in [4.69, 9.17) is 40.9 Å². The molecule has 0 aliphatic rings. The number of hydrogen-bond acceptors (Lipinski definition) is 8. The van der Waals surface area contributed by atoms with Crippen LogP contribution < -0.4 is 0 Å². The molecule has 0 bridgehead atoms. The van der Waals surface area contributed by atoms with E-state index in [0.717, 1.165) is 0 Å². The summed E-state index contributed by atoms with van der Waals surface area (Å²) in [5.41, 5.74) is -2.22. The summed E-state index contributed by atoms with van der Waals surface area (Å²) < 4.78 is 0. The fourth-order valence-electron chi connectivity index (χ4n) is 1.10. The maximum absolute atomic E-state index is 8.50. The van der Waals surface area contributed by atoms with Crippen molar-refractivity contribution in [2.75, 3.05) is 52.9 Å². The van der Waals surface area contributed by atoms with Gasteiger partial charge in [-0.1, -0.05) is 39.5 Å². The van der Waals surface area contributed by atoms with Gasteiger partial charge in [0, 0.05) is 0 Å². The van der Waals surface area contributed by atoms with E-state index in [0.29, 0.717) is 0 Å². The van der Waals surface area contributed by atoms with Gasteiger partial charge >= 0.3 is 0 Å². The summed E-state index contributed by atoms with van der Waals surface area (Å²) in [5, 5.41) is 68.0. The van der Waals surface area contributed by atoms with Gasteiger partial charge in [-0.15, -0.1) is 0 Å². The fraction of sp³-hybridized carbons (Fsp3) is 1.00. The minimum absolute atomic E-state index is 0.406. The third-order valence-electron chi connectivity index (χ3n) is 3.64. The molecule has 0 saturated heterocycles. The van der Waals surface area contributed by atoms with Crippen LogP contribution in [0, 0.1) is 10.8 Å². The number of hydrogen-bond donors (Lipinski definition) is 8. The Morgan fingerprint density at radius 1 is 0.417 bits per heavy atom. The predicted octanol–water partition coefficient (Wildman–Crippen LogP) is -1.53. The molecule has 0 spiro atoms. The Hall–Kier alpha value is -0.320. The van der Waals surface area contributed by atoms with Gasteiger partial charge < -0.3 is 40.9 Å². The molecule has 8 N–H and O–H groups in total. The molecule has 150 valence electrons. The van der Waals surface area contributed by atoms with Gasteiger partial charge in [0.1, 0.15) is 0 Å². The molecule has 0 saturated carbocycles. The SMILES string of the molecule is CCCCCC.OCC(CO)(CO)CO.OCC(CO)(CO)CO. The summed E-state index contributed by atoms with van der Waals surface area (Å²) in [5.74, 6) is 0. The summed E-state index contributed by atoms with van der Waals surface area (Å²) in [6.45, 7) is 1.21. The van der Waals surface area contributed by atoms with Crippen LogP contribution in [0.25, 0.3) is 0 Å². The van der Waals surface area contributed by atoms with Gasteiger partial charge in [-0.2, -0.15) is 0 Å². The summed E-state index contributed by atoms with van der Waals surface area (Å²) in [6, 6.07) is 0. The molecule has 0 fully saturated rings. The molecule has 0 atom stereocenters. The molecule has 0 aromatic rings. The molecular weight excluding hydrogens is 320 g/mol. The van der Waals surface area contributed by atoms with Crippen LogP contribution in [-0.2, 0) is 0 Å². The van der Waals surface area contributed by atoms with Crippen molar-refractivity contribution >= 4 is 0 Å². The van der Waals surface area contributed by atoms with Gasteiger partial charge in [-0.3, -0.25) is 0 Å². The lowest BCUT2D eigenvalue weighted by molar-refractivity contribution is -0.0332. The lowest BCUT2D eigenvalue weighted by Crippen LogP contribution is -2.37. The zero-order valence-corrected chi connectivity index (χ0v) is 15.1. The van der Waals surface area contributed by atoms with Gasteiger partial charge in [0.05, 0.1) is 63.7 Å². The number of aliphatic hydroxyl groups is 8. The van der Waals surface area contributed by atoms with Crippen LogP contribution in [0.1, 0.15) is 39.5 Å². The maximum atomic E-state index is 8.50. The fourth-order valence-corrected chi connectivity index (χ4v) is 1.10. The van der Waals surface area contributed by atoms with Crippen molar-refractivity contribution in [3.8, 4) is 0 Å². The molecular formula is C16H38O8. The van der Waals surface area contributed by atoms with Crippen molar-refractivity contribution in [2.45, 2.75) is 39.5 Å². The van der Waals surface area contributed by atoms with E-state index in [-0.39, 0.29) is 0 Å². The maximum Gasteiger partial charge on any atom is 0.0627 e. The van der Waals surface area contributed by atoms with Crippen molar-refractivity contribution in [1.82, 2.24) is 0 Å². The van der Waals surface area contributed by atoms with E-state index < -0.39 is 63.7 Å². The van der Waals surface area contributed by atoms with Crippen LogP contribution in [0.4, 0.5) is 0 Å². The average molecular weight is 358 g/mol. The van der Waals surface area contributed by atoms with E-state index in [1.54, 1.807) is 0 Å². The summed E-state index contributed by atoms with van der Waals surface area (Å²) in [7, 11) is 0. The van der Waals surface area contributed by atoms with Gasteiger partial charge in [-0.25, -0.2) is 0 Å². The quantitative estimate of drug-likeness (QED) is 0.206. The molecule has 8 nitrogen and oxygen atoms in total. The van der Waals surface area contributed by atoms with Crippen molar-refractivity contribution in [1.29, 1.82) is 0 Å². The molecule has 0 heterocycles. The third-order valence-corrected chi connectivity index (χ3v) is 3.64. The monoisotopic (exact) mass is 358 g/mol. The highest BCUT2D eigenvalue weighted by atomic mass is 16.3. The molecule has 0 aromatic heterocycles. The molecule has 0 aromatic carbocycles. The normalized spacial score (nSPS) is 11.2. The van der Waals surface area contributed by atoms with Crippen LogP contribution in [0.3, 0.4) is 0 Å². The summed E-state index contributed by atoms with van der Waals surface area (Å²) in [6.07, 6.45) is 5.54. The molecule has 8 heteroatoms. The first-order valence-electron chi connectivity index (χ1n) is 8.27. The van der Waals surface area contributed by atoms with E-state index >= 15 is 0 Å². The number of rotatable bonds is 11. The van der Waals surface area contributed by atoms with Crippen molar-refractivity contribution in [3.63, 3.8) is 0 Å². The molecule has 0 aliphatic carbocycles. The second-order valence-electron chi connectivity index (χ2n) is 5.97. The highest BCUT2D eigenvalue weighted by Gasteiger charge is 2.27. The van der Waals surface area contributed by atoms with E-state index in [1.807, 2.05) is 0 Å². The third kappa shape index (κ3) is 13.0. The highest BCUT2D eigenvalue weighted by Crippen LogP contribution is 2.12. The minimum Gasteiger partial charge on any atom is -0.396 e. The standard InChI is InChI=1S/C6H14.2C5H12O4/c1-3-5-6-4-2;2*6-1-5(2-7,3-8)4-9/h3-6H2,1-2H3;2*6-9H,1-4H2. The Balaban J connectivity index is -0.000000282. The first kappa shape index (κ1) is 28.5. The molecule has 0 unspecified atom stereocenters. The van der Waals surface area contributed by atoms with Crippen LogP contribution in [0.2, 0.25) is 0 Å². The van der Waals surface area contributed by atoms with Gasteiger partial charge in [0.15, 0.2) is 0 Å². The largest absolute Gasteiger partial charge is 0.396 e. The van der Waals surface area contributed by atoms with Crippen LogP contribution in [0.15, 0.2) is 0 Å². The lowest BCUT2D eigenvalue weighted by atomic mass is 9.93. The van der Waals surface area contributed by atoms with E-state index in [9.17, 15) is 0 Å². The summed E-state index contributed by atoms with van der Waals surface area (Å²) in [4.78, 5) is 0. The van der Waals surface area contributed by atoms with Gasteiger partial charge in [0.2, 0.25) is 0 Å². The smallest absolute Gasteiger partial charge is 0.0627 e. The highest BCUT2D eigenvalue weighted by molar-refractivity contribution is 4.75. The molecule has 0 aliphatic heterocycles. The van der Waals surface area contributed by atoms with Crippen LogP contribution in [-0.4, -0.2) is 93.7 Å². The van der Waals surface area contributed by atoms with Crippen LogP contribution in [0.5, 0.6) is 0 Å². The Morgan fingerprint density at radius 3 is 0.625 bits per heavy atom. The van der Waals surface area contributed by atoms with Gasteiger partial charge in [0.25, 0.3) is 0 Å². The van der Waals surface area contributed by atoms with E-state index in [1.165, 1.54) is 25.7 Å². The van der Waals surface area contributed by atoms with E-state index in [2.05, 4.69) is 13.8 Å². The second kappa shape index (κ2) is 19.0. The molecule has 0 rings (SSSR count). The Bertz CT molecular complexity index is 171. The molecule has 0 amide bonds. The second-order valence-corrected chi connectivity index (χ2v) is 5.97. The van der Waals surface area contributed by atoms with Crippen LogP contribution >= 0.6 is 0 Å². The lowest BCUT2D eigenvalue weighted by Gasteiger charge is -2.23. The van der Waals surface area contributed by atoms with Crippen molar-refractivity contribution < 1.29 is 40.9 Å². The number of unbranched alkanes of at least 4 members (excludes halogenated alkanes) is 3. The first-order valence-corrected chi connectivity index (χ1v) is 8.27. The Kier molecular flexibility index (Phi) is 22.6. The zero-order chi connectivity index (χ0) is 19.5.